The quantitative estimate of drug-likeness (QED) is 0.627. The number of ketones is 1. The molecule has 58 valence electrons. The van der Waals surface area contributed by atoms with Gasteiger partial charge in [0, 0.05) is 12.3 Å². The Labute approximate surface area is 61.2 Å². The minimum absolute atomic E-state index is 0.0370. The summed E-state index contributed by atoms with van der Waals surface area (Å²) in [5.41, 5.74) is 0. The third-order valence-corrected chi connectivity index (χ3v) is 2.24. The van der Waals surface area contributed by atoms with Crippen molar-refractivity contribution < 1.29 is 9.90 Å². The van der Waals surface area contributed by atoms with Crippen LogP contribution in [0.3, 0.4) is 0 Å². The maximum atomic E-state index is 11.1. The summed E-state index contributed by atoms with van der Waals surface area (Å²) in [5, 5.41) is 9.27. The highest BCUT2D eigenvalue weighted by Crippen LogP contribution is 2.26. The third kappa shape index (κ3) is 1.37. The molecule has 2 unspecified atom stereocenters. The third-order valence-electron chi connectivity index (χ3n) is 2.24. The summed E-state index contributed by atoms with van der Waals surface area (Å²) in [6, 6.07) is 0. The fraction of sp³-hybridized carbons (Fsp3) is 0.875. The lowest BCUT2D eigenvalue weighted by atomic mass is 9.99. The second-order valence-corrected chi connectivity index (χ2v) is 2.92. The van der Waals surface area contributed by atoms with Crippen molar-refractivity contribution in [2.75, 3.05) is 0 Å². The van der Waals surface area contributed by atoms with Gasteiger partial charge in [0.25, 0.3) is 0 Å². The molecule has 0 aromatic rings. The first kappa shape index (κ1) is 7.73. The van der Waals surface area contributed by atoms with E-state index in [1.54, 1.807) is 0 Å². The van der Waals surface area contributed by atoms with Crippen LogP contribution in [0.2, 0.25) is 0 Å². The fourth-order valence-electron chi connectivity index (χ4n) is 1.58. The number of aliphatic hydroxyl groups is 1. The van der Waals surface area contributed by atoms with E-state index in [0.717, 1.165) is 19.3 Å². The summed E-state index contributed by atoms with van der Waals surface area (Å²) in [4.78, 5) is 11.1. The van der Waals surface area contributed by atoms with Crippen molar-refractivity contribution in [3.63, 3.8) is 0 Å². The number of carbonyl (C=O) groups is 1. The zero-order chi connectivity index (χ0) is 7.56. The van der Waals surface area contributed by atoms with Crippen molar-refractivity contribution in [3.05, 3.63) is 0 Å². The Bertz CT molecular complexity index is 131. The monoisotopic (exact) mass is 142 g/mol. The predicted octanol–water partition coefficient (Wildman–Crippen LogP) is 1.13. The first-order valence-corrected chi connectivity index (χ1v) is 3.96. The molecule has 2 atom stereocenters. The summed E-state index contributed by atoms with van der Waals surface area (Å²) < 4.78 is 0. The van der Waals surface area contributed by atoms with Gasteiger partial charge in [0.1, 0.15) is 5.78 Å². The van der Waals surface area contributed by atoms with E-state index in [2.05, 4.69) is 0 Å². The number of hydrogen-bond acceptors (Lipinski definition) is 2. The Kier molecular flexibility index (Phi) is 2.44. The van der Waals surface area contributed by atoms with Crippen LogP contribution in [-0.4, -0.2) is 17.0 Å². The van der Waals surface area contributed by atoms with Crippen LogP contribution in [0, 0.1) is 5.92 Å². The molecule has 1 fully saturated rings. The average Bonchev–Trinajstić information content (AvgIpc) is 2.34. The van der Waals surface area contributed by atoms with Crippen molar-refractivity contribution in [2.45, 2.75) is 38.7 Å². The van der Waals surface area contributed by atoms with Gasteiger partial charge in [-0.1, -0.05) is 13.3 Å². The average molecular weight is 142 g/mol. The van der Waals surface area contributed by atoms with Gasteiger partial charge in [-0.2, -0.15) is 0 Å². The zero-order valence-electron chi connectivity index (χ0n) is 6.34. The van der Waals surface area contributed by atoms with Gasteiger partial charge in [-0.25, -0.2) is 0 Å². The molecule has 1 aliphatic carbocycles. The first-order valence-electron chi connectivity index (χ1n) is 3.96. The number of Topliss-reactive ketones (excluding diaryl/α,β-unsaturated/α-hetero) is 1. The highest BCUT2D eigenvalue weighted by molar-refractivity contribution is 5.81. The van der Waals surface area contributed by atoms with E-state index >= 15 is 0 Å². The lowest BCUT2D eigenvalue weighted by molar-refractivity contribution is -0.124. The Morgan fingerprint density at radius 1 is 1.60 bits per heavy atom. The molecule has 2 nitrogen and oxygen atoms in total. The molecule has 1 N–H and O–H groups in total. The summed E-state index contributed by atoms with van der Waals surface area (Å²) in [6.07, 6.45) is 2.95. The van der Waals surface area contributed by atoms with E-state index in [9.17, 15) is 9.90 Å². The topological polar surface area (TPSA) is 37.3 Å². The first-order chi connectivity index (χ1) is 4.75. The van der Waals surface area contributed by atoms with Gasteiger partial charge in [0.05, 0.1) is 6.10 Å². The van der Waals surface area contributed by atoms with Crippen molar-refractivity contribution in [3.8, 4) is 0 Å². The van der Waals surface area contributed by atoms with E-state index < -0.39 is 0 Å². The predicted molar refractivity (Wildman–Crippen MR) is 38.6 cm³/mol. The van der Waals surface area contributed by atoms with E-state index in [1.807, 2.05) is 6.92 Å². The molecule has 0 aromatic heterocycles. The Morgan fingerprint density at radius 2 is 2.30 bits per heavy atom. The molecule has 0 saturated heterocycles. The SMILES string of the molecule is CCC(=O)C1CCCC1O. The molecule has 0 heterocycles. The molecule has 0 aromatic carbocycles. The van der Waals surface area contributed by atoms with Gasteiger partial charge in [0.2, 0.25) is 0 Å². The van der Waals surface area contributed by atoms with Crippen LogP contribution in [0.25, 0.3) is 0 Å². The van der Waals surface area contributed by atoms with Crippen LogP contribution in [0.15, 0.2) is 0 Å². The number of aliphatic hydroxyl groups excluding tert-OH is 1. The van der Waals surface area contributed by atoms with E-state index in [-0.39, 0.29) is 17.8 Å². The molecule has 0 amide bonds. The van der Waals surface area contributed by atoms with Gasteiger partial charge in [-0.05, 0) is 12.8 Å². The number of hydrogen-bond donors (Lipinski definition) is 1. The fourth-order valence-corrected chi connectivity index (χ4v) is 1.58. The number of carbonyl (C=O) groups excluding carboxylic acids is 1. The largest absolute Gasteiger partial charge is 0.392 e. The van der Waals surface area contributed by atoms with Crippen molar-refractivity contribution in [1.29, 1.82) is 0 Å². The van der Waals surface area contributed by atoms with Gasteiger partial charge >= 0.3 is 0 Å². The Morgan fingerprint density at radius 3 is 2.70 bits per heavy atom. The zero-order valence-corrected chi connectivity index (χ0v) is 6.34. The summed E-state index contributed by atoms with van der Waals surface area (Å²) in [6.45, 7) is 1.85. The molecule has 1 saturated carbocycles. The van der Waals surface area contributed by atoms with Crippen LogP contribution >= 0.6 is 0 Å². The van der Waals surface area contributed by atoms with Gasteiger partial charge in [0.15, 0.2) is 0 Å². The van der Waals surface area contributed by atoms with Gasteiger partial charge in [-0.15, -0.1) is 0 Å². The molecule has 2 heteroatoms. The molecule has 0 bridgehead atoms. The van der Waals surface area contributed by atoms with Crippen molar-refractivity contribution in [1.82, 2.24) is 0 Å². The molecule has 1 aliphatic rings. The smallest absolute Gasteiger partial charge is 0.138 e. The Hall–Kier alpha value is -0.370. The highest BCUT2D eigenvalue weighted by atomic mass is 16.3. The Balaban J connectivity index is 2.46. The van der Waals surface area contributed by atoms with Crippen LogP contribution in [0.5, 0.6) is 0 Å². The highest BCUT2D eigenvalue weighted by Gasteiger charge is 2.29. The molecule has 0 aliphatic heterocycles. The van der Waals surface area contributed by atoms with E-state index in [4.69, 9.17) is 0 Å². The van der Waals surface area contributed by atoms with Crippen LogP contribution < -0.4 is 0 Å². The summed E-state index contributed by atoms with van der Waals surface area (Å²) in [7, 11) is 0. The second-order valence-electron chi connectivity index (χ2n) is 2.92. The lowest BCUT2D eigenvalue weighted by Gasteiger charge is -2.10. The summed E-state index contributed by atoms with van der Waals surface area (Å²) in [5.74, 6) is 0.190. The second kappa shape index (κ2) is 3.15. The minimum atomic E-state index is -0.340. The van der Waals surface area contributed by atoms with E-state index in [1.165, 1.54) is 0 Å². The maximum absolute atomic E-state index is 11.1. The molecule has 10 heavy (non-hydrogen) atoms. The van der Waals surface area contributed by atoms with Crippen molar-refractivity contribution >= 4 is 5.78 Å². The minimum Gasteiger partial charge on any atom is -0.392 e. The summed E-state index contributed by atoms with van der Waals surface area (Å²) >= 11 is 0. The van der Waals surface area contributed by atoms with Crippen LogP contribution in [0.1, 0.15) is 32.6 Å². The van der Waals surface area contributed by atoms with E-state index in [0.29, 0.717) is 6.42 Å². The lowest BCUT2D eigenvalue weighted by Crippen LogP contribution is -2.21. The maximum Gasteiger partial charge on any atom is 0.138 e. The molecule has 1 rings (SSSR count). The molecule has 0 radical (unpaired) electrons. The van der Waals surface area contributed by atoms with Crippen LogP contribution in [0.4, 0.5) is 0 Å². The molecule has 0 spiro atoms. The van der Waals surface area contributed by atoms with Crippen molar-refractivity contribution in [2.24, 2.45) is 5.92 Å². The standard InChI is InChI=1S/C8H14O2/c1-2-7(9)6-4-3-5-8(6)10/h6,8,10H,2-5H2,1H3. The normalized spacial score (nSPS) is 32.6. The van der Waals surface area contributed by atoms with Crippen LogP contribution in [-0.2, 0) is 4.79 Å². The van der Waals surface area contributed by atoms with Gasteiger partial charge < -0.3 is 5.11 Å². The number of rotatable bonds is 2. The van der Waals surface area contributed by atoms with Gasteiger partial charge in [-0.3, -0.25) is 4.79 Å². The molecular weight excluding hydrogens is 128 g/mol. The molecular formula is C8H14O2.